The van der Waals surface area contributed by atoms with Gasteiger partial charge in [0.15, 0.2) is 0 Å². The smallest absolute Gasteiger partial charge is 0.239 e. The fourth-order valence-electron chi connectivity index (χ4n) is 2.16. The highest BCUT2D eigenvalue weighted by molar-refractivity contribution is 5.84. The van der Waals surface area contributed by atoms with Crippen LogP contribution in [-0.4, -0.2) is 35.3 Å². The molecule has 1 saturated carbocycles. The Labute approximate surface area is 97.4 Å². The fourth-order valence-corrected chi connectivity index (χ4v) is 2.16. The minimum Gasteiger partial charge on any atom is -0.352 e. The van der Waals surface area contributed by atoms with Gasteiger partial charge in [-0.3, -0.25) is 9.59 Å². The van der Waals surface area contributed by atoms with E-state index >= 15 is 0 Å². The number of carbonyl (C=O) groups is 2. The average molecular weight is 226 g/mol. The van der Waals surface area contributed by atoms with Crippen molar-refractivity contribution in [2.75, 3.05) is 6.54 Å². The van der Waals surface area contributed by atoms with Crippen LogP contribution in [0, 0.1) is 0 Å². The van der Waals surface area contributed by atoms with Gasteiger partial charge in [-0.2, -0.15) is 0 Å². The lowest BCUT2D eigenvalue weighted by Gasteiger charge is -2.25. The Bertz CT molecular complexity index is 258. The molecule has 0 heterocycles. The number of hydrogen-bond donors (Lipinski definition) is 1. The molecule has 0 bridgehead atoms. The molecule has 1 N–H and O–H groups in total. The molecule has 1 aliphatic carbocycles. The van der Waals surface area contributed by atoms with Crippen molar-refractivity contribution in [2.45, 2.75) is 58.5 Å². The van der Waals surface area contributed by atoms with Gasteiger partial charge in [0.2, 0.25) is 11.8 Å². The van der Waals surface area contributed by atoms with Crippen LogP contribution in [0.4, 0.5) is 0 Å². The molecule has 1 fully saturated rings. The van der Waals surface area contributed by atoms with Gasteiger partial charge in [-0.25, -0.2) is 0 Å². The molecule has 0 aromatic rings. The van der Waals surface area contributed by atoms with Gasteiger partial charge in [-0.15, -0.1) is 0 Å². The van der Waals surface area contributed by atoms with Crippen LogP contribution in [0.3, 0.4) is 0 Å². The Kier molecular flexibility index (Phi) is 4.77. The third-order valence-corrected chi connectivity index (χ3v) is 3.06. The highest BCUT2D eigenvalue weighted by atomic mass is 16.2. The highest BCUT2D eigenvalue weighted by Crippen LogP contribution is 2.17. The molecule has 0 saturated heterocycles. The molecule has 0 radical (unpaired) electrons. The van der Waals surface area contributed by atoms with Crippen molar-refractivity contribution >= 4 is 11.8 Å². The monoisotopic (exact) mass is 226 g/mol. The summed E-state index contributed by atoms with van der Waals surface area (Å²) in [7, 11) is 0. The maximum absolute atomic E-state index is 11.7. The summed E-state index contributed by atoms with van der Waals surface area (Å²) in [5, 5.41) is 2.99. The topological polar surface area (TPSA) is 49.4 Å². The molecule has 0 atom stereocenters. The standard InChI is InChI=1S/C12H22N2O2/c1-9(2)14(10(3)15)8-12(16)13-11-6-4-5-7-11/h9,11H,4-8H2,1-3H3,(H,13,16). The summed E-state index contributed by atoms with van der Waals surface area (Å²) in [6.07, 6.45) is 4.55. The van der Waals surface area contributed by atoms with E-state index in [0.29, 0.717) is 6.04 Å². The second kappa shape index (κ2) is 5.87. The van der Waals surface area contributed by atoms with Crippen molar-refractivity contribution in [1.29, 1.82) is 0 Å². The Morgan fingerprint density at radius 3 is 2.31 bits per heavy atom. The van der Waals surface area contributed by atoms with Crippen LogP contribution in [0.2, 0.25) is 0 Å². The molecule has 1 aliphatic rings. The molecule has 2 amide bonds. The lowest BCUT2D eigenvalue weighted by Crippen LogP contribution is -2.45. The van der Waals surface area contributed by atoms with E-state index in [1.165, 1.54) is 19.8 Å². The minimum absolute atomic E-state index is 0.0317. The van der Waals surface area contributed by atoms with Crippen LogP contribution < -0.4 is 5.32 Å². The number of nitrogens with one attached hydrogen (secondary N) is 1. The minimum atomic E-state index is -0.0448. The summed E-state index contributed by atoms with van der Waals surface area (Å²) in [6, 6.07) is 0.403. The SMILES string of the molecule is CC(=O)N(CC(=O)NC1CCCC1)C(C)C. The summed E-state index contributed by atoms with van der Waals surface area (Å²) in [5.74, 6) is -0.0765. The first kappa shape index (κ1) is 13.0. The van der Waals surface area contributed by atoms with Crippen molar-refractivity contribution in [3.8, 4) is 0 Å². The fraction of sp³-hybridized carbons (Fsp3) is 0.833. The van der Waals surface area contributed by atoms with Gasteiger partial charge in [-0.05, 0) is 26.7 Å². The Morgan fingerprint density at radius 1 is 1.31 bits per heavy atom. The molecule has 0 unspecified atom stereocenters. The van der Waals surface area contributed by atoms with Crippen molar-refractivity contribution in [1.82, 2.24) is 10.2 Å². The van der Waals surface area contributed by atoms with Gasteiger partial charge in [0.05, 0.1) is 6.54 Å². The van der Waals surface area contributed by atoms with Crippen LogP contribution >= 0.6 is 0 Å². The lowest BCUT2D eigenvalue weighted by atomic mass is 10.2. The van der Waals surface area contributed by atoms with E-state index in [1.54, 1.807) is 4.90 Å². The first-order valence-corrected chi connectivity index (χ1v) is 6.07. The molecule has 4 nitrogen and oxygen atoms in total. The molecular formula is C12H22N2O2. The predicted octanol–water partition coefficient (Wildman–Crippen LogP) is 1.30. The van der Waals surface area contributed by atoms with Gasteiger partial charge in [0, 0.05) is 19.0 Å². The van der Waals surface area contributed by atoms with Crippen LogP contribution in [0.5, 0.6) is 0 Å². The van der Waals surface area contributed by atoms with Gasteiger partial charge in [-0.1, -0.05) is 12.8 Å². The molecule has 0 aromatic heterocycles. The van der Waals surface area contributed by atoms with Crippen molar-refractivity contribution in [2.24, 2.45) is 0 Å². The van der Waals surface area contributed by atoms with Crippen molar-refractivity contribution in [3.05, 3.63) is 0 Å². The summed E-state index contributed by atoms with van der Waals surface area (Å²) in [6.45, 7) is 5.53. The van der Waals surface area contributed by atoms with Crippen LogP contribution in [0.25, 0.3) is 0 Å². The maximum Gasteiger partial charge on any atom is 0.239 e. The van der Waals surface area contributed by atoms with Crippen LogP contribution in [-0.2, 0) is 9.59 Å². The maximum atomic E-state index is 11.7. The Morgan fingerprint density at radius 2 is 1.88 bits per heavy atom. The molecule has 1 rings (SSSR count). The average Bonchev–Trinajstić information content (AvgIpc) is 2.65. The molecule has 0 aromatic carbocycles. The van der Waals surface area contributed by atoms with Crippen LogP contribution in [0.1, 0.15) is 46.5 Å². The second-order valence-electron chi connectivity index (χ2n) is 4.79. The normalized spacial score (nSPS) is 16.5. The van der Waals surface area contributed by atoms with Crippen molar-refractivity contribution in [3.63, 3.8) is 0 Å². The zero-order valence-corrected chi connectivity index (χ0v) is 10.5. The number of nitrogens with zero attached hydrogens (tertiary/aromatic N) is 1. The number of carbonyl (C=O) groups excluding carboxylic acids is 2. The van der Waals surface area contributed by atoms with E-state index in [4.69, 9.17) is 0 Å². The van der Waals surface area contributed by atoms with Gasteiger partial charge >= 0.3 is 0 Å². The zero-order valence-electron chi connectivity index (χ0n) is 10.5. The predicted molar refractivity (Wildman–Crippen MR) is 62.9 cm³/mol. The first-order valence-electron chi connectivity index (χ1n) is 6.07. The van der Waals surface area contributed by atoms with E-state index in [1.807, 2.05) is 13.8 Å². The summed E-state index contributed by atoms with van der Waals surface area (Å²) in [4.78, 5) is 24.6. The number of rotatable bonds is 4. The number of hydrogen-bond acceptors (Lipinski definition) is 2. The van der Waals surface area contributed by atoms with E-state index in [2.05, 4.69) is 5.32 Å². The molecular weight excluding hydrogens is 204 g/mol. The second-order valence-corrected chi connectivity index (χ2v) is 4.79. The zero-order chi connectivity index (χ0) is 12.1. The van der Waals surface area contributed by atoms with E-state index in [0.717, 1.165) is 12.8 Å². The van der Waals surface area contributed by atoms with Gasteiger partial charge in [0.1, 0.15) is 0 Å². The summed E-state index contributed by atoms with van der Waals surface area (Å²) in [5.41, 5.74) is 0. The van der Waals surface area contributed by atoms with E-state index in [9.17, 15) is 9.59 Å². The van der Waals surface area contributed by atoms with Crippen LogP contribution in [0.15, 0.2) is 0 Å². The largest absolute Gasteiger partial charge is 0.352 e. The van der Waals surface area contributed by atoms with Gasteiger partial charge in [0.25, 0.3) is 0 Å². The quantitative estimate of drug-likeness (QED) is 0.785. The van der Waals surface area contributed by atoms with E-state index < -0.39 is 0 Å². The molecule has 0 spiro atoms. The van der Waals surface area contributed by atoms with Crippen molar-refractivity contribution < 1.29 is 9.59 Å². The summed E-state index contributed by atoms with van der Waals surface area (Å²) >= 11 is 0. The first-order chi connectivity index (χ1) is 7.50. The number of amides is 2. The Balaban J connectivity index is 2.38. The third-order valence-electron chi connectivity index (χ3n) is 3.06. The molecule has 4 heteroatoms. The molecule has 16 heavy (non-hydrogen) atoms. The highest BCUT2D eigenvalue weighted by Gasteiger charge is 2.20. The summed E-state index contributed by atoms with van der Waals surface area (Å²) < 4.78 is 0. The van der Waals surface area contributed by atoms with E-state index in [-0.39, 0.29) is 24.4 Å². The molecule has 0 aliphatic heterocycles. The Hall–Kier alpha value is -1.06. The molecule has 92 valence electrons. The third kappa shape index (κ3) is 3.83. The lowest BCUT2D eigenvalue weighted by molar-refractivity contribution is -0.136. The van der Waals surface area contributed by atoms with Gasteiger partial charge < -0.3 is 10.2 Å².